The second-order valence-electron chi connectivity index (χ2n) is 4.27. The van der Waals surface area contributed by atoms with Crippen LogP contribution in [0.4, 0.5) is 4.39 Å². The van der Waals surface area contributed by atoms with Crippen LogP contribution >= 0.6 is 0 Å². The molecule has 1 aromatic carbocycles. The van der Waals surface area contributed by atoms with Crippen molar-refractivity contribution in [2.45, 2.75) is 0 Å². The van der Waals surface area contributed by atoms with E-state index in [0.717, 1.165) is 5.52 Å². The minimum absolute atomic E-state index is 0.0697. The monoisotopic (exact) mass is 270 g/mol. The van der Waals surface area contributed by atoms with E-state index in [1.165, 1.54) is 19.2 Å². The average Bonchev–Trinajstić information content (AvgIpc) is 2.90. The zero-order chi connectivity index (χ0) is 14.1. The zero-order valence-corrected chi connectivity index (χ0v) is 10.7. The molecule has 0 spiro atoms. The Bertz CT molecular complexity index is 795. The molecule has 2 heterocycles. The van der Waals surface area contributed by atoms with E-state index in [-0.39, 0.29) is 11.3 Å². The summed E-state index contributed by atoms with van der Waals surface area (Å²) in [6, 6.07) is 6.05. The topological polar surface area (TPSA) is 55.0 Å². The summed E-state index contributed by atoms with van der Waals surface area (Å²) in [6.07, 6.45) is 4.75. The van der Waals surface area contributed by atoms with Crippen LogP contribution in [-0.2, 0) is 0 Å². The van der Waals surface area contributed by atoms with Crippen molar-refractivity contribution < 1.29 is 13.9 Å². The van der Waals surface area contributed by atoms with Crippen molar-refractivity contribution in [1.29, 1.82) is 0 Å². The number of nitrogens with zero attached hydrogens (tertiary/aromatic N) is 1. The van der Waals surface area contributed by atoms with Crippen LogP contribution in [0.1, 0.15) is 15.9 Å². The lowest BCUT2D eigenvalue weighted by molar-refractivity contribution is 0.103. The standard InChI is InChI=1S/C15H11FN2O2/c1-20-13-4-2-3-11(16)14(13)15(19)10-8-18-12-5-6-17-7-9(10)12/h2-8,18H,1H3. The molecule has 0 atom stereocenters. The highest BCUT2D eigenvalue weighted by Crippen LogP contribution is 2.27. The quantitative estimate of drug-likeness (QED) is 0.744. The van der Waals surface area contributed by atoms with E-state index >= 15 is 0 Å². The molecular weight excluding hydrogens is 259 g/mol. The molecule has 100 valence electrons. The lowest BCUT2D eigenvalue weighted by Crippen LogP contribution is -2.06. The highest BCUT2D eigenvalue weighted by Gasteiger charge is 2.21. The van der Waals surface area contributed by atoms with Crippen molar-refractivity contribution in [1.82, 2.24) is 9.97 Å². The number of H-pyrrole nitrogens is 1. The van der Waals surface area contributed by atoms with Crippen LogP contribution in [0.5, 0.6) is 5.75 Å². The third-order valence-electron chi connectivity index (χ3n) is 3.15. The van der Waals surface area contributed by atoms with Gasteiger partial charge in [0.15, 0.2) is 0 Å². The number of carbonyl (C=O) groups excluding carboxylic acids is 1. The molecule has 0 radical (unpaired) electrons. The van der Waals surface area contributed by atoms with E-state index in [2.05, 4.69) is 9.97 Å². The fourth-order valence-electron chi connectivity index (χ4n) is 2.18. The highest BCUT2D eigenvalue weighted by atomic mass is 19.1. The van der Waals surface area contributed by atoms with Gasteiger partial charge in [-0.1, -0.05) is 6.07 Å². The summed E-state index contributed by atoms with van der Waals surface area (Å²) in [7, 11) is 1.41. The number of aromatic amines is 1. The second-order valence-corrected chi connectivity index (χ2v) is 4.27. The predicted octanol–water partition coefficient (Wildman–Crippen LogP) is 2.94. The van der Waals surface area contributed by atoms with E-state index in [4.69, 9.17) is 4.74 Å². The molecule has 0 aliphatic carbocycles. The van der Waals surface area contributed by atoms with Gasteiger partial charge < -0.3 is 9.72 Å². The summed E-state index contributed by atoms with van der Waals surface area (Å²) < 4.78 is 19.0. The minimum atomic E-state index is -0.604. The first-order valence-electron chi connectivity index (χ1n) is 6.00. The largest absolute Gasteiger partial charge is 0.496 e. The van der Waals surface area contributed by atoms with Crippen LogP contribution in [0.2, 0.25) is 0 Å². The summed E-state index contributed by atoms with van der Waals surface area (Å²) in [5.41, 5.74) is 1.08. The third kappa shape index (κ3) is 1.84. The Hall–Kier alpha value is -2.69. The molecule has 1 N–H and O–H groups in total. The van der Waals surface area contributed by atoms with Crippen molar-refractivity contribution >= 4 is 16.7 Å². The Kier molecular flexibility index (Phi) is 2.95. The van der Waals surface area contributed by atoms with E-state index < -0.39 is 11.6 Å². The number of aromatic nitrogens is 2. The van der Waals surface area contributed by atoms with Crippen molar-refractivity contribution in [2.24, 2.45) is 0 Å². The number of carbonyl (C=O) groups is 1. The summed E-state index contributed by atoms with van der Waals surface area (Å²) >= 11 is 0. The second kappa shape index (κ2) is 4.77. The summed E-state index contributed by atoms with van der Waals surface area (Å²) in [5, 5.41) is 0.655. The third-order valence-corrected chi connectivity index (χ3v) is 3.15. The zero-order valence-electron chi connectivity index (χ0n) is 10.7. The molecule has 0 fully saturated rings. The van der Waals surface area contributed by atoms with Crippen LogP contribution < -0.4 is 4.74 Å². The van der Waals surface area contributed by atoms with Crippen molar-refractivity contribution in [2.75, 3.05) is 7.11 Å². The van der Waals surface area contributed by atoms with Gasteiger partial charge >= 0.3 is 0 Å². The lowest BCUT2D eigenvalue weighted by Gasteiger charge is -2.07. The summed E-state index contributed by atoms with van der Waals surface area (Å²) in [4.78, 5) is 19.5. The molecule has 2 aromatic heterocycles. The molecule has 0 aliphatic heterocycles. The molecular formula is C15H11FN2O2. The van der Waals surface area contributed by atoms with E-state index in [1.54, 1.807) is 30.7 Å². The molecule has 0 unspecified atom stereocenters. The normalized spacial score (nSPS) is 10.7. The molecule has 3 rings (SSSR count). The average molecular weight is 270 g/mol. The van der Waals surface area contributed by atoms with Crippen molar-refractivity contribution in [3.8, 4) is 5.75 Å². The highest BCUT2D eigenvalue weighted by molar-refractivity contribution is 6.17. The number of nitrogens with one attached hydrogen (secondary N) is 1. The maximum atomic E-state index is 14.0. The van der Waals surface area contributed by atoms with Gasteiger partial charge in [-0.15, -0.1) is 0 Å². The van der Waals surface area contributed by atoms with E-state index in [0.29, 0.717) is 10.9 Å². The van der Waals surface area contributed by atoms with Gasteiger partial charge in [0, 0.05) is 35.1 Å². The fourth-order valence-corrected chi connectivity index (χ4v) is 2.18. The minimum Gasteiger partial charge on any atom is -0.496 e. The molecule has 4 nitrogen and oxygen atoms in total. The van der Waals surface area contributed by atoms with Crippen LogP contribution in [0.25, 0.3) is 10.9 Å². The Morgan fingerprint density at radius 2 is 2.20 bits per heavy atom. The smallest absolute Gasteiger partial charge is 0.201 e. The van der Waals surface area contributed by atoms with Gasteiger partial charge in [-0.2, -0.15) is 0 Å². The number of rotatable bonds is 3. The number of hydrogen-bond acceptors (Lipinski definition) is 3. The van der Waals surface area contributed by atoms with Crippen molar-refractivity contribution in [3.63, 3.8) is 0 Å². The number of hydrogen-bond donors (Lipinski definition) is 1. The molecule has 0 saturated carbocycles. The fraction of sp³-hybridized carbons (Fsp3) is 0.0667. The number of halogens is 1. The summed E-state index contributed by atoms with van der Waals surface area (Å²) in [5.74, 6) is -0.819. The number of pyridine rings is 1. The molecule has 3 aromatic rings. The number of fused-ring (bicyclic) bond motifs is 1. The first kappa shape index (κ1) is 12.3. The van der Waals surface area contributed by atoms with Gasteiger partial charge in [-0.05, 0) is 18.2 Å². The van der Waals surface area contributed by atoms with Gasteiger partial charge in [0.25, 0.3) is 0 Å². The maximum absolute atomic E-state index is 14.0. The summed E-state index contributed by atoms with van der Waals surface area (Å²) in [6.45, 7) is 0. The molecule has 0 aliphatic rings. The number of methoxy groups -OCH3 is 1. The van der Waals surface area contributed by atoms with Gasteiger partial charge in [0.2, 0.25) is 5.78 Å². The van der Waals surface area contributed by atoms with Crippen LogP contribution in [0.15, 0.2) is 42.9 Å². The van der Waals surface area contributed by atoms with Crippen LogP contribution in [0, 0.1) is 5.82 Å². The SMILES string of the molecule is COc1cccc(F)c1C(=O)c1c[nH]c2ccncc12. The number of benzene rings is 1. The van der Waals surface area contributed by atoms with Crippen LogP contribution in [0.3, 0.4) is 0 Å². The molecule has 0 amide bonds. The molecule has 20 heavy (non-hydrogen) atoms. The first-order valence-corrected chi connectivity index (χ1v) is 6.00. The Morgan fingerprint density at radius 1 is 1.35 bits per heavy atom. The predicted molar refractivity (Wildman–Crippen MR) is 72.5 cm³/mol. The van der Waals surface area contributed by atoms with Gasteiger partial charge in [-0.3, -0.25) is 9.78 Å². The Labute approximate surface area is 114 Å². The Balaban J connectivity index is 2.19. The first-order chi connectivity index (χ1) is 9.72. The lowest BCUT2D eigenvalue weighted by atomic mass is 10.0. The number of ether oxygens (including phenoxy) is 1. The van der Waals surface area contributed by atoms with Crippen LogP contribution in [-0.4, -0.2) is 22.9 Å². The van der Waals surface area contributed by atoms with E-state index in [9.17, 15) is 9.18 Å². The number of ketones is 1. The maximum Gasteiger partial charge on any atom is 0.201 e. The van der Waals surface area contributed by atoms with Gasteiger partial charge in [0.1, 0.15) is 17.1 Å². The van der Waals surface area contributed by atoms with E-state index in [1.807, 2.05) is 0 Å². The molecule has 5 heteroatoms. The van der Waals surface area contributed by atoms with Gasteiger partial charge in [0.05, 0.1) is 7.11 Å². The van der Waals surface area contributed by atoms with Crippen molar-refractivity contribution in [3.05, 3.63) is 59.8 Å². The Morgan fingerprint density at radius 3 is 3.00 bits per heavy atom. The molecule has 0 saturated heterocycles. The molecule has 0 bridgehead atoms. The van der Waals surface area contributed by atoms with Gasteiger partial charge in [-0.25, -0.2) is 4.39 Å².